The minimum absolute atomic E-state index is 0.701. The van der Waals surface area contributed by atoms with Crippen molar-refractivity contribution in [3.05, 3.63) is 0 Å². The van der Waals surface area contributed by atoms with Crippen molar-refractivity contribution in [2.45, 2.75) is 30.4 Å². The smallest absolute Gasteiger partial charge is 0.308 e. The molecule has 1 saturated heterocycles. The predicted octanol–water partition coefficient (Wildman–Crippen LogP) is -3.90. The van der Waals surface area contributed by atoms with E-state index in [1.165, 1.54) is 0 Å². The normalized spacial score (nSPS) is 44.8. The van der Waals surface area contributed by atoms with Crippen molar-refractivity contribution in [2.75, 3.05) is 6.61 Å². The molecule has 78 valence electrons. The van der Waals surface area contributed by atoms with E-state index >= 15 is 0 Å². The second-order valence-corrected chi connectivity index (χ2v) is 2.92. The van der Waals surface area contributed by atoms with Gasteiger partial charge < -0.3 is 35.4 Å². The summed E-state index contributed by atoms with van der Waals surface area (Å²) in [5.41, 5.74) is 0. The average molecular weight is 196 g/mol. The SMILES string of the molecule is OC[C@@H]1OC(O)(O)[C@H](O)[C@@H](O)[C@@H]1O. The number of aliphatic hydroxyl groups excluding tert-OH is 4. The molecule has 0 radical (unpaired) electrons. The summed E-state index contributed by atoms with van der Waals surface area (Å²) >= 11 is 0. The van der Waals surface area contributed by atoms with Crippen LogP contribution in [-0.4, -0.2) is 67.6 Å². The first-order valence-electron chi connectivity index (χ1n) is 3.67. The molecule has 1 aliphatic rings. The summed E-state index contributed by atoms with van der Waals surface area (Å²) in [6.07, 6.45) is -6.72. The number of aliphatic hydroxyl groups is 6. The fourth-order valence-corrected chi connectivity index (χ4v) is 1.14. The first kappa shape index (κ1) is 10.8. The quantitative estimate of drug-likeness (QED) is 0.236. The highest BCUT2D eigenvalue weighted by atomic mass is 16.8. The van der Waals surface area contributed by atoms with E-state index in [1.54, 1.807) is 0 Å². The van der Waals surface area contributed by atoms with Crippen LogP contribution in [0.1, 0.15) is 0 Å². The van der Waals surface area contributed by atoms with E-state index in [9.17, 15) is 0 Å². The van der Waals surface area contributed by atoms with Crippen LogP contribution in [-0.2, 0) is 4.74 Å². The minimum atomic E-state index is -2.95. The average Bonchev–Trinajstić information content (AvgIpc) is 2.08. The van der Waals surface area contributed by atoms with Crippen LogP contribution in [0.25, 0.3) is 0 Å². The monoisotopic (exact) mass is 196 g/mol. The van der Waals surface area contributed by atoms with Crippen molar-refractivity contribution < 1.29 is 35.4 Å². The van der Waals surface area contributed by atoms with Crippen molar-refractivity contribution >= 4 is 0 Å². The van der Waals surface area contributed by atoms with Gasteiger partial charge >= 0.3 is 5.97 Å². The van der Waals surface area contributed by atoms with E-state index in [0.717, 1.165) is 0 Å². The van der Waals surface area contributed by atoms with Crippen LogP contribution in [0.5, 0.6) is 0 Å². The Labute approximate surface area is 73.4 Å². The summed E-state index contributed by atoms with van der Waals surface area (Å²) in [7, 11) is 0. The second-order valence-electron chi connectivity index (χ2n) is 2.92. The maximum Gasteiger partial charge on any atom is 0.308 e. The zero-order chi connectivity index (χ0) is 10.2. The summed E-state index contributed by atoms with van der Waals surface area (Å²) in [5.74, 6) is -2.95. The van der Waals surface area contributed by atoms with E-state index in [0.29, 0.717) is 0 Å². The fraction of sp³-hybridized carbons (Fsp3) is 1.00. The molecule has 0 spiro atoms. The third-order valence-electron chi connectivity index (χ3n) is 1.94. The van der Waals surface area contributed by atoms with E-state index in [2.05, 4.69) is 4.74 Å². The zero-order valence-corrected chi connectivity index (χ0v) is 6.61. The van der Waals surface area contributed by atoms with Gasteiger partial charge in [-0.1, -0.05) is 0 Å². The Morgan fingerprint density at radius 3 is 2.08 bits per heavy atom. The number of ether oxygens (including phenoxy) is 1. The van der Waals surface area contributed by atoms with Crippen LogP contribution in [0, 0.1) is 0 Å². The van der Waals surface area contributed by atoms with Gasteiger partial charge in [0.15, 0.2) is 6.10 Å². The highest BCUT2D eigenvalue weighted by Crippen LogP contribution is 2.25. The molecule has 1 rings (SSSR count). The van der Waals surface area contributed by atoms with Crippen LogP contribution in [0.3, 0.4) is 0 Å². The number of hydrogen-bond donors (Lipinski definition) is 6. The van der Waals surface area contributed by atoms with Gasteiger partial charge in [0.05, 0.1) is 6.61 Å². The van der Waals surface area contributed by atoms with Gasteiger partial charge in [-0.2, -0.15) is 0 Å². The summed E-state index contributed by atoms with van der Waals surface area (Å²) in [4.78, 5) is 0. The third-order valence-corrected chi connectivity index (χ3v) is 1.94. The molecular formula is C6H12O7. The topological polar surface area (TPSA) is 131 Å². The van der Waals surface area contributed by atoms with Crippen molar-refractivity contribution in [1.29, 1.82) is 0 Å². The van der Waals surface area contributed by atoms with Gasteiger partial charge in [-0.25, -0.2) is 0 Å². The molecule has 1 aliphatic heterocycles. The van der Waals surface area contributed by atoms with Crippen molar-refractivity contribution in [3.8, 4) is 0 Å². The van der Waals surface area contributed by atoms with Crippen molar-refractivity contribution in [2.24, 2.45) is 0 Å². The number of hydrogen-bond acceptors (Lipinski definition) is 7. The van der Waals surface area contributed by atoms with Crippen molar-refractivity contribution in [1.82, 2.24) is 0 Å². The molecule has 4 atom stereocenters. The summed E-state index contributed by atoms with van der Waals surface area (Å²) in [6.45, 7) is -0.701. The lowest BCUT2D eigenvalue weighted by Crippen LogP contribution is -2.65. The minimum Gasteiger partial charge on any atom is -0.394 e. The Morgan fingerprint density at radius 2 is 1.62 bits per heavy atom. The lowest BCUT2D eigenvalue weighted by Gasteiger charge is -2.41. The van der Waals surface area contributed by atoms with Crippen LogP contribution < -0.4 is 0 Å². The first-order valence-corrected chi connectivity index (χ1v) is 3.67. The molecule has 0 saturated carbocycles. The Hall–Kier alpha value is -0.280. The molecule has 0 amide bonds. The molecule has 7 heteroatoms. The summed E-state index contributed by atoms with van der Waals surface area (Å²) < 4.78 is 4.32. The van der Waals surface area contributed by atoms with Crippen LogP contribution >= 0.6 is 0 Å². The van der Waals surface area contributed by atoms with Gasteiger partial charge in [-0.15, -0.1) is 0 Å². The first-order chi connectivity index (χ1) is 5.90. The maximum atomic E-state index is 9.12. The van der Waals surface area contributed by atoms with Gasteiger partial charge in [0.1, 0.15) is 18.3 Å². The fourth-order valence-electron chi connectivity index (χ4n) is 1.14. The molecule has 0 aromatic heterocycles. The molecule has 0 bridgehead atoms. The predicted molar refractivity (Wildman–Crippen MR) is 37.1 cm³/mol. The molecule has 13 heavy (non-hydrogen) atoms. The van der Waals surface area contributed by atoms with E-state index in [1.807, 2.05) is 0 Å². The molecule has 1 fully saturated rings. The molecule has 7 nitrogen and oxygen atoms in total. The summed E-state index contributed by atoms with van der Waals surface area (Å²) in [5, 5.41) is 53.6. The molecule has 6 N–H and O–H groups in total. The second kappa shape index (κ2) is 3.46. The van der Waals surface area contributed by atoms with Gasteiger partial charge in [-0.05, 0) is 0 Å². The van der Waals surface area contributed by atoms with Gasteiger partial charge in [0.2, 0.25) is 0 Å². The Balaban J connectivity index is 2.79. The van der Waals surface area contributed by atoms with Crippen molar-refractivity contribution in [3.63, 3.8) is 0 Å². The lowest BCUT2D eigenvalue weighted by atomic mass is 9.98. The molecule has 0 unspecified atom stereocenters. The highest BCUT2D eigenvalue weighted by Gasteiger charge is 2.51. The van der Waals surface area contributed by atoms with E-state index in [4.69, 9.17) is 30.6 Å². The standard InChI is InChI=1S/C6H12O7/c7-1-2-3(8)4(9)5(10)6(11,12)13-2/h2-5,7-12H,1H2/t2-,3+,4-,5+/m0/s1. The molecular weight excluding hydrogens is 184 g/mol. The Kier molecular flexibility index (Phi) is 2.88. The van der Waals surface area contributed by atoms with Gasteiger partial charge in [0.25, 0.3) is 0 Å². The van der Waals surface area contributed by atoms with E-state index < -0.39 is 37.0 Å². The van der Waals surface area contributed by atoms with Crippen LogP contribution in [0.15, 0.2) is 0 Å². The van der Waals surface area contributed by atoms with Gasteiger partial charge in [-0.3, -0.25) is 0 Å². The van der Waals surface area contributed by atoms with Crippen LogP contribution in [0.2, 0.25) is 0 Å². The third kappa shape index (κ3) is 1.81. The Bertz CT molecular complexity index is 180. The summed E-state index contributed by atoms with van der Waals surface area (Å²) in [6, 6.07) is 0. The molecule has 1 heterocycles. The highest BCUT2D eigenvalue weighted by molar-refractivity contribution is 4.90. The zero-order valence-electron chi connectivity index (χ0n) is 6.61. The van der Waals surface area contributed by atoms with E-state index in [-0.39, 0.29) is 0 Å². The largest absolute Gasteiger partial charge is 0.394 e. The lowest BCUT2D eigenvalue weighted by molar-refractivity contribution is -0.435. The Morgan fingerprint density at radius 1 is 1.08 bits per heavy atom. The molecule has 0 aromatic carbocycles. The van der Waals surface area contributed by atoms with Gasteiger partial charge in [0, 0.05) is 0 Å². The maximum absolute atomic E-state index is 9.12. The van der Waals surface area contributed by atoms with Crippen LogP contribution in [0.4, 0.5) is 0 Å². The molecule has 0 aromatic rings. The number of rotatable bonds is 1. The molecule has 0 aliphatic carbocycles.